The molecule has 0 fully saturated rings. The van der Waals surface area contributed by atoms with E-state index in [0.717, 1.165) is 18.7 Å². The molecule has 0 saturated carbocycles. The lowest BCUT2D eigenvalue weighted by Gasteiger charge is -2.33. The molecule has 0 unspecified atom stereocenters. The topological polar surface area (TPSA) is 21.6 Å². The maximum absolute atomic E-state index is 6.03. The number of hydrogen-bond donors (Lipinski definition) is 0. The van der Waals surface area contributed by atoms with E-state index in [1.54, 1.807) is 0 Å². The summed E-state index contributed by atoms with van der Waals surface area (Å²) < 4.78 is 6.03. The standard InChI is InChI=1S/C19H23NO/c1-4-11-19(18-20-17(13-21-18)14(2)3)12-7-9-15-8-5-6-10-16(15)19/h4-8,10,12,14,17H,1,9,11,13H2,2-3H3/t17-,19+/m1/s1. The Morgan fingerprint density at radius 3 is 2.95 bits per heavy atom. The maximum atomic E-state index is 6.03. The fraction of sp³-hybridized carbons (Fsp3) is 0.421. The van der Waals surface area contributed by atoms with Crippen LogP contribution in [0.3, 0.4) is 0 Å². The van der Waals surface area contributed by atoms with Gasteiger partial charge in [-0.3, -0.25) is 0 Å². The molecule has 0 amide bonds. The first-order valence-corrected chi connectivity index (χ1v) is 7.75. The summed E-state index contributed by atoms with van der Waals surface area (Å²) in [5.41, 5.74) is 2.41. The average Bonchev–Trinajstić information content (AvgIpc) is 2.98. The number of nitrogens with zero attached hydrogens (tertiary/aromatic N) is 1. The average molecular weight is 281 g/mol. The number of ether oxygens (including phenoxy) is 1. The molecular formula is C19H23NO. The summed E-state index contributed by atoms with van der Waals surface area (Å²) in [5, 5.41) is 0. The van der Waals surface area contributed by atoms with Crippen molar-refractivity contribution in [2.24, 2.45) is 10.9 Å². The SMILES string of the molecule is C=CC[C@]1(C2=N[C@@H](C(C)C)CO2)C=CCc2ccccc21. The van der Waals surface area contributed by atoms with Crippen LogP contribution in [0.5, 0.6) is 0 Å². The van der Waals surface area contributed by atoms with Crippen LogP contribution in [0, 0.1) is 5.92 Å². The Hall–Kier alpha value is -1.83. The number of rotatable bonds is 4. The summed E-state index contributed by atoms with van der Waals surface area (Å²) in [4.78, 5) is 4.90. The molecule has 1 heterocycles. The van der Waals surface area contributed by atoms with Crippen molar-refractivity contribution in [2.75, 3.05) is 6.61 Å². The van der Waals surface area contributed by atoms with Crippen molar-refractivity contribution < 1.29 is 4.74 Å². The first kappa shape index (κ1) is 14.1. The molecule has 0 N–H and O–H groups in total. The minimum atomic E-state index is -0.264. The van der Waals surface area contributed by atoms with Crippen LogP contribution in [0.25, 0.3) is 0 Å². The van der Waals surface area contributed by atoms with E-state index in [-0.39, 0.29) is 11.5 Å². The molecule has 0 bridgehead atoms. The Morgan fingerprint density at radius 1 is 1.43 bits per heavy atom. The third-order valence-electron chi connectivity index (χ3n) is 4.53. The van der Waals surface area contributed by atoms with Crippen LogP contribution in [0.2, 0.25) is 0 Å². The molecule has 2 atom stereocenters. The normalized spacial score (nSPS) is 27.2. The van der Waals surface area contributed by atoms with Gasteiger partial charge in [-0.15, -0.1) is 6.58 Å². The van der Waals surface area contributed by atoms with Gasteiger partial charge in [-0.25, -0.2) is 4.99 Å². The molecule has 1 aromatic carbocycles. The molecule has 2 nitrogen and oxygen atoms in total. The van der Waals surface area contributed by atoms with E-state index in [1.165, 1.54) is 11.1 Å². The largest absolute Gasteiger partial charge is 0.478 e. The van der Waals surface area contributed by atoms with E-state index in [0.29, 0.717) is 12.5 Å². The monoisotopic (exact) mass is 281 g/mol. The molecule has 0 saturated heterocycles. The highest BCUT2D eigenvalue weighted by Crippen LogP contribution is 2.40. The van der Waals surface area contributed by atoms with Crippen LogP contribution in [0.4, 0.5) is 0 Å². The quantitative estimate of drug-likeness (QED) is 0.762. The Balaban J connectivity index is 2.09. The molecule has 2 aliphatic rings. The second-order valence-corrected chi connectivity index (χ2v) is 6.28. The van der Waals surface area contributed by atoms with Crippen LogP contribution in [-0.2, 0) is 16.6 Å². The number of aliphatic imine (C=N–C) groups is 1. The molecule has 110 valence electrons. The Morgan fingerprint density at radius 2 is 2.24 bits per heavy atom. The van der Waals surface area contributed by atoms with Gasteiger partial charge in [-0.2, -0.15) is 0 Å². The van der Waals surface area contributed by atoms with Gasteiger partial charge in [0.15, 0.2) is 5.90 Å². The predicted molar refractivity (Wildman–Crippen MR) is 87.8 cm³/mol. The van der Waals surface area contributed by atoms with Gasteiger partial charge in [0.1, 0.15) is 6.61 Å². The minimum absolute atomic E-state index is 0.264. The van der Waals surface area contributed by atoms with Gasteiger partial charge >= 0.3 is 0 Å². The van der Waals surface area contributed by atoms with E-state index in [4.69, 9.17) is 9.73 Å². The van der Waals surface area contributed by atoms with Gasteiger partial charge in [-0.05, 0) is 29.9 Å². The van der Waals surface area contributed by atoms with Crippen molar-refractivity contribution in [2.45, 2.75) is 38.1 Å². The summed E-state index contributed by atoms with van der Waals surface area (Å²) in [6.45, 7) is 9.05. The van der Waals surface area contributed by atoms with Crippen LogP contribution in [0.15, 0.2) is 54.1 Å². The highest BCUT2D eigenvalue weighted by Gasteiger charge is 2.42. The molecular weight excluding hydrogens is 258 g/mol. The number of hydrogen-bond acceptors (Lipinski definition) is 2. The summed E-state index contributed by atoms with van der Waals surface area (Å²) >= 11 is 0. The molecule has 0 radical (unpaired) electrons. The Kier molecular flexibility index (Phi) is 3.71. The van der Waals surface area contributed by atoms with E-state index in [1.807, 2.05) is 6.08 Å². The van der Waals surface area contributed by atoms with Crippen molar-refractivity contribution in [1.29, 1.82) is 0 Å². The van der Waals surface area contributed by atoms with Gasteiger partial charge in [0.05, 0.1) is 11.5 Å². The summed E-state index contributed by atoms with van der Waals surface area (Å²) in [6, 6.07) is 8.88. The molecule has 1 aromatic rings. The fourth-order valence-electron chi connectivity index (χ4n) is 3.26. The van der Waals surface area contributed by atoms with Gasteiger partial charge < -0.3 is 4.74 Å². The second kappa shape index (κ2) is 5.51. The number of benzene rings is 1. The van der Waals surface area contributed by atoms with Gasteiger partial charge in [0, 0.05) is 0 Å². The van der Waals surface area contributed by atoms with E-state index in [2.05, 4.69) is 56.8 Å². The number of fused-ring (bicyclic) bond motifs is 1. The van der Waals surface area contributed by atoms with Gasteiger partial charge in [-0.1, -0.05) is 56.3 Å². The molecule has 0 spiro atoms. The van der Waals surface area contributed by atoms with Crippen molar-refractivity contribution in [1.82, 2.24) is 0 Å². The molecule has 1 aliphatic carbocycles. The van der Waals surface area contributed by atoms with Crippen molar-refractivity contribution in [3.8, 4) is 0 Å². The molecule has 21 heavy (non-hydrogen) atoms. The molecule has 2 heteroatoms. The lowest BCUT2D eigenvalue weighted by atomic mass is 9.71. The van der Waals surface area contributed by atoms with Gasteiger partial charge in [0.25, 0.3) is 0 Å². The lowest BCUT2D eigenvalue weighted by molar-refractivity contribution is 0.275. The predicted octanol–water partition coefficient (Wildman–Crippen LogP) is 4.07. The van der Waals surface area contributed by atoms with Gasteiger partial charge in [0.2, 0.25) is 0 Å². The number of allylic oxidation sites excluding steroid dienone is 2. The Labute approximate surface area is 127 Å². The lowest BCUT2D eigenvalue weighted by Crippen LogP contribution is -2.36. The van der Waals surface area contributed by atoms with E-state index in [9.17, 15) is 0 Å². The summed E-state index contributed by atoms with van der Waals surface area (Å²) in [6.07, 6.45) is 8.28. The van der Waals surface area contributed by atoms with Crippen LogP contribution < -0.4 is 0 Å². The third-order valence-corrected chi connectivity index (χ3v) is 4.53. The van der Waals surface area contributed by atoms with Crippen LogP contribution in [0.1, 0.15) is 31.4 Å². The zero-order chi connectivity index (χ0) is 14.9. The highest BCUT2D eigenvalue weighted by molar-refractivity contribution is 5.93. The molecule has 0 aromatic heterocycles. The smallest absolute Gasteiger partial charge is 0.198 e. The molecule has 1 aliphatic heterocycles. The summed E-state index contributed by atoms with van der Waals surface area (Å²) in [5.74, 6) is 1.37. The zero-order valence-corrected chi connectivity index (χ0v) is 12.9. The third kappa shape index (κ3) is 2.33. The minimum Gasteiger partial charge on any atom is -0.478 e. The first-order valence-electron chi connectivity index (χ1n) is 7.75. The van der Waals surface area contributed by atoms with Crippen LogP contribution in [-0.4, -0.2) is 18.5 Å². The van der Waals surface area contributed by atoms with Crippen molar-refractivity contribution in [3.63, 3.8) is 0 Å². The summed E-state index contributed by atoms with van der Waals surface area (Å²) in [7, 11) is 0. The maximum Gasteiger partial charge on any atom is 0.198 e. The second-order valence-electron chi connectivity index (χ2n) is 6.28. The Bertz CT molecular complexity index is 599. The van der Waals surface area contributed by atoms with Crippen LogP contribution >= 0.6 is 0 Å². The van der Waals surface area contributed by atoms with Crippen molar-refractivity contribution >= 4 is 5.90 Å². The van der Waals surface area contributed by atoms with E-state index >= 15 is 0 Å². The van der Waals surface area contributed by atoms with Crippen molar-refractivity contribution in [3.05, 3.63) is 60.2 Å². The molecule has 3 rings (SSSR count). The zero-order valence-electron chi connectivity index (χ0n) is 12.9. The fourth-order valence-corrected chi connectivity index (χ4v) is 3.26. The van der Waals surface area contributed by atoms with E-state index < -0.39 is 0 Å². The first-order chi connectivity index (χ1) is 10.2. The highest BCUT2D eigenvalue weighted by atomic mass is 16.5.